The zero-order valence-corrected chi connectivity index (χ0v) is 66.3. The minimum Gasteiger partial charge on any atom is -0.508 e. The van der Waals surface area contributed by atoms with E-state index in [1.165, 1.54) is 27.7 Å². The van der Waals surface area contributed by atoms with Crippen LogP contribution < -0.4 is 28.4 Å². The summed E-state index contributed by atoms with van der Waals surface area (Å²) < 4.78 is 61.4. The van der Waals surface area contributed by atoms with Crippen LogP contribution in [0, 0.1) is 30.6 Å². The number of esters is 10. The average molecular weight is 1800 g/mol. The van der Waals surface area contributed by atoms with Gasteiger partial charge in [-0.2, -0.15) is 0 Å². The number of benzene rings is 10. The van der Waals surface area contributed by atoms with Crippen LogP contribution in [0.25, 0.3) is 0 Å². The molecule has 5 atom stereocenters. The van der Waals surface area contributed by atoms with Crippen molar-refractivity contribution in [1.29, 1.82) is 0 Å². The van der Waals surface area contributed by atoms with Crippen LogP contribution in [0.1, 0.15) is 136 Å². The third kappa shape index (κ3) is 20.4. The molecule has 129 heavy (non-hydrogen) atoms. The van der Waals surface area contributed by atoms with Gasteiger partial charge in [0.05, 0.1) is 82.1 Å². The van der Waals surface area contributed by atoms with Crippen LogP contribution in [0.3, 0.4) is 0 Å². The number of phenols is 23. The van der Waals surface area contributed by atoms with Crippen LogP contribution in [-0.2, 0) is 23.7 Å². The van der Waals surface area contributed by atoms with E-state index in [0.717, 1.165) is 18.2 Å². The molecule has 5 unspecified atom stereocenters. The quantitative estimate of drug-likeness (QED) is 0.0111. The number of aromatic hydroxyl groups is 23. The second kappa shape index (κ2) is 36.6. The van der Waals surface area contributed by atoms with Gasteiger partial charge in [0.25, 0.3) is 0 Å². The molecule has 0 saturated heterocycles. The first-order valence-corrected chi connectivity index (χ1v) is 36.9. The van der Waals surface area contributed by atoms with Crippen molar-refractivity contribution in [2.45, 2.75) is 45.8 Å². The summed E-state index contributed by atoms with van der Waals surface area (Å²) in [6, 6.07) is 12.2. The van der Waals surface area contributed by atoms with Crippen LogP contribution in [0.5, 0.6) is 167 Å². The molecule has 0 amide bonds. The molecule has 0 aliphatic heterocycles. The topological polar surface area (TPSA) is 738 Å². The van der Waals surface area contributed by atoms with Gasteiger partial charge in [-0.15, -0.1) is 0 Å². The Labute approximate surface area is 719 Å². The van der Waals surface area contributed by atoms with E-state index >= 15 is 4.79 Å². The largest absolute Gasteiger partial charge is 0.508 e. The molecule has 0 spiro atoms. The Balaban J connectivity index is 1.04. The van der Waals surface area contributed by atoms with Crippen molar-refractivity contribution >= 4 is 59.7 Å². The Kier molecular flexibility index (Phi) is 26.1. The number of carbonyl (C=O) groups is 10. The highest BCUT2D eigenvalue weighted by Crippen LogP contribution is 2.49. The molecule has 674 valence electrons. The van der Waals surface area contributed by atoms with Crippen LogP contribution in [0.15, 0.2) is 121 Å². The Morgan fingerprint density at radius 2 is 0.450 bits per heavy atom. The van der Waals surface area contributed by atoms with Gasteiger partial charge >= 0.3 is 59.7 Å². The molecule has 1 fully saturated rings. The van der Waals surface area contributed by atoms with Crippen molar-refractivity contribution in [3.8, 4) is 167 Å². The zero-order valence-electron chi connectivity index (χ0n) is 66.3. The number of hydrogen-bond donors (Lipinski definition) is 23. The third-order valence-electron chi connectivity index (χ3n) is 19.3. The molecule has 0 aromatic heterocycles. The van der Waals surface area contributed by atoms with Gasteiger partial charge in [0.1, 0.15) is 23.2 Å². The lowest BCUT2D eigenvalue weighted by Crippen LogP contribution is -2.51. The Morgan fingerprint density at radius 3 is 0.721 bits per heavy atom. The summed E-state index contributed by atoms with van der Waals surface area (Å²) >= 11 is 0. The van der Waals surface area contributed by atoms with Gasteiger partial charge in [0.2, 0.25) is 34.5 Å². The number of phenolic OH excluding ortho intramolecular Hbond substituents is 23. The minimum atomic E-state index is -2.11. The molecule has 1 aliphatic carbocycles. The fourth-order valence-electron chi connectivity index (χ4n) is 12.7. The van der Waals surface area contributed by atoms with Crippen molar-refractivity contribution in [1.82, 2.24) is 0 Å². The number of ether oxygens (including phenoxy) is 11. The van der Waals surface area contributed by atoms with E-state index in [9.17, 15) is 161 Å². The van der Waals surface area contributed by atoms with Gasteiger partial charge in [-0.1, -0.05) is 0 Å². The molecule has 10 aromatic carbocycles. The second-order valence-electron chi connectivity index (χ2n) is 29.3. The van der Waals surface area contributed by atoms with Gasteiger partial charge in [-0.3, -0.25) is 0 Å². The monoisotopic (exact) mass is 1790 g/mol. The first-order valence-electron chi connectivity index (χ1n) is 36.9. The van der Waals surface area contributed by atoms with Crippen LogP contribution in [-0.4, -0.2) is 215 Å². The normalized spacial score (nSPS) is 14.6. The van der Waals surface area contributed by atoms with E-state index in [1.54, 1.807) is 0 Å². The lowest BCUT2D eigenvalue weighted by molar-refractivity contribution is -0.106. The minimum absolute atomic E-state index is 0.116. The molecule has 10 aromatic rings. The highest BCUT2D eigenvalue weighted by Gasteiger charge is 2.50. The molecule has 44 nitrogen and oxygen atoms in total. The smallest absolute Gasteiger partial charge is 0.343 e. The van der Waals surface area contributed by atoms with E-state index in [4.69, 9.17) is 52.1 Å². The van der Waals surface area contributed by atoms with Gasteiger partial charge in [-0.05, 0) is 155 Å². The maximum atomic E-state index is 15.1. The van der Waals surface area contributed by atoms with Gasteiger partial charge in [-0.25, -0.2) is 47.9 Å². The van der Waals surface area contributed by atoms with Crippen LogP contribution in [0.2, 0.25) is 0 Å². The van der Waals surface area contributed by atoms with E-state index in [2.05, 4.69) is 0 Å². The van der Waals surface area contributed by atoms with E-state index < -0.39 is 350 Å². The summed E-state index contributed by atoms with van der Waals surface area (Å²) in [6.07, 6.45) is -3.02. The SMILES string of the molecule is Cc1c(O)cc(C(=O)Oc2cc(C(=O)OC3CC(COC(=O)c4cc(O)c(O)c(OC(=O)c5cc(O)c(O)c(OC(C)(C)C)c5)c4)C(COC(=O)c4cc(O)c(O)c(OC(=O)c5cc(O)c(O)c(O)c5)c4)C(COC(=O)c4cc(O)c(O)c(OC(=O)c5cc(O)c(O)c(O)c5)c4)C3COC(=O)c3cc(O)c(O)c(OC(=O)c4cc(O)c(O)c(O)c4)c3)cc(O)c2O)cc1O. The molecular weight excluding hydrogens is 1720 g/mol. The first-order chi connectivity index (χ1) is 60.5. The van der Waals surface area contributed by atoms with Crippen molar-refractivity contribution in [2.24, 2.45) is 23.7 Å². The maximum Gasteiger partial charge on any atom is 0.343 e. The molecule has 44 heteroatoms. The maximum absolute atomic E-state index is 15.1. The summed E-state index contributed by atoms with van der Waals surface area (Å²) in [5.41, 5.74) is -8.92. The van der Waals surface area contributed by atoms with Crippen molar-refractivity contribution < 1.29 is 218 Å². The molecular formula is C85H70O44. The number of hydrogen-bond acceptors (Lipinski definition) is 44. The molecule has 0 radical (unpaired) electrons. The summed E-state index contributed by atoms with van der Waals surface area (Å²) in [7, 11) is 0. The first kappa shape index (κ1) is 91.8. The zero-order chi connectivity index (χ0) is 94.7. The van der Waals surface area contributed by atoms with Gasteiger partial charge in [0.15, 0.2) is 121 Å². The molecule has 0 bridgehead atoms. The van der Waals surface area contributed by atoms with E-state index in [0.29, 0.717) is 103 Å². The Hall–Kier alpha value is -17.9. The average Bonchev–Trinajstić information content (AvgIpc) is 0.775. The number of rotatable bonds is 25. The highest BCUT2D eigenvalue weighted by molar-refractivity contribution is 6.00. The van der Waals surface area contributed by atoms with Crippen molar-refractivity contribution in [3.05, 3.63) is 183 Å². The lowest BCUT2D eigenvalue weighted by Gasteiger charge is -2.45. The highest BCUT2D eigenvalue weighted by atomic mass is 16.6. The Morgan fingerprint density at radius 1 is 0.248 bits per heavy atom. The van der Waals surface area contributed by atoms with Crippen LogP contribution >= 0.6 is 0 Å². The van der Waals surface area contributed by atoms with E-state index in [1.807, 2.05) is 0 Å². The molecule has 0 heterocycles. The molecule has 1 aliphatic rings. The van der Waals surface area contributed by atoms with Gasteiger partial charge < -0.3 is 170 Å². The molecule has 1 saturated carbocycles. The standard InChI is InChI=1S/C85H70O44/c1-30-45(86)5-31(6-46(30)87)79(113)127-64-23-39(17-57(98)73(64)107)83(117)123-59-25-41(26-119-75(109)35-13-53(94)72(106)63(19-35)128-84(118)40-18-58(99)74(108)65(24-40)129-85(2,3)4)42(27-120-76(110)36-14-54(95)69(103)60(20-36)124-80(114)32-7-47(88)66(100)48(89)8-32)43(28-121-77(111)37-15-55(96)70(104)61(21-37)125-81(115)33-9-49(90)67(101)50(91)10-33)44(59)29-122-78(112)38-16-56(97)71(105)62(22-38)126-82(116)34-11-51(92)68(102)52(93)12-34/h5-24,41-44,59,86-108H,25-29H2,1-4H3. The van der Waals surface area contributed by atoms with Crippen molar-refractivity contribution in [3.63, 3.8) is 0 Å². The predicted molar refractivity (Wildman–Crippen MR) is 422 cm³/mol. The van der Waals surface area contributed by atoms with E-state index in [-0.39, 0.29) is 5.56 Å². The number of carbonyl (C=O) groups excluding carboxylic acids is 10. The lowest BCUT2D eigenvalue weighted by atomic mass is 9.65. The summed E-state index contributed by atoms with van der Waals surface area (Å²) in [5, 5.41) is 243. The summed E-state index contributed by atoms with van der Waals surface area (Å²) in [6.45, 7) is 0.833. The van der Waals surface area contributed by atoms with Gasteiger partial charge in [0, 0.05) is 29.2 Å². The molecule has 23 N–H and O–H groups in total. The fourth-order valence-corrected chi connectivity index (χ4v) is 12.7. The van der Waals surface area contributed by atoms with Crippen molar-refractivity contribution in [2.75, 3.05) is 26.4 Å². The predicted octanol–water partition coefficient (Wildman–Crippen LogP) is 8.32. The Bertz CT molecular complexity index is 6180. The fraction of sp³-hybridized carbons (Fsp3) is 0.176. The van der Waals surface area contributed by atoms with Crippen LogP contribution in [0.4, 0.5) is 0 Å². The summed E-state index contributed by atoms with van der Waals surface area (Å²) in [5.74, 6) is -54.4. The molecule has 11 rings (SSSR count). The second-order valence-corrected chi connectivity index (χ2v) is 29.3. The third-order valence-corrected chi connectivity index (χ3v) is 19.3. The summed E-state index contributed by atoms with van der Waals surface area (Å²) in [4.78, 5) is 142.